The SMILES string of the molecule is NC(=O)C(NCC1CC1)c1cc(F)ccc1F. The van der Waals surface area contributed by atoms with Gasteiger partial charge in [-0.05, 0) is 43.5 Å². The lowest BCUT2D eigenvalue weighted by molar-refractivity contribution is -0.120. The summed E-state index contributed by atoms with van der Waals surface area (Å²) in [7, 11) is 0. The number of carbonyl (C=O) groups is 1. The van der Waals surface area contributed by atoms with Gasteiger partial charge in [-0.1, -0.05) is 0 Å². The van der Waals surface area contributed by atoms with Crippen LogP contribution in [0.1, 0.15) is 24.4 Å². The van der Waals surface area contributed by atoms with Crippen molar-refractivity contribution in [2.75, 3.05) is 6.54 Å². The molecule has 17 heavy (non-hydrogen) atoms. The summed E-state index contributed by atoms with van der Waals surface area (Å²) < 4.78 is 26.5. The average Bonchev–Trinajstić information content (AvgIpc) is 3.06. The van der Waals surface area contributed by atoms with Crippen LogP contribution >= 0.6 is 0 Å². The first-order chi connectivity index (χ1) is 8.08. The summed E-state index contributed by atoms with van der Waals surface area (Å²) in [5.74, 6) is -1.39. The highest BCUT2D eigenvalue weighted by atomic mass is 19.1. The van der Waals surface area contributed by atoms with Gasteiger partial charge in [0.25, 0.3) is 0 Å². The predicted molar refractivity (Wildman–Crippen MR) is 59.0 cm³/mol. The van der Waals surface area contributed by atoms with Crippen LogP contribution in [0.15, 0.2) is 18.2 Å². The molecule has 1 amide bonds. The van der Waals surface area contributed by atoms with Crippen molar-refractivity contribution in [2.24, 2.45) is 11.7 Å². The molecule has 1 unspecified atom stereocenters. The normalized spacial score (nSPS) is 16.8. The number of nitrogens with one attached hydrogen (secondary N) is 1. The van der Waals surface area contributed by atoms with Crippen LogP contribution in [0.25, 0.3) is 0 Å². The van der Waals surface area contributed by atoms with E-state index in [1.165, 1.54) is 0 Å². The summed E-state index contributed by atoms with van der Waals surface area (Å²) in [6, 6.07) is 2.05. The van der Waals surface area contributed by atoms with Crippen molar-refractivity contribution in [3.05, 3.63) is 35.4 Å². The topological polar surface area (TPSA) is 55.1 Å². The molecule has 1 fully saturated rings. The summed E-state index contributed by atoms with van der Waals surface area (Å²) in [5, 5.41) is 2.88. The van der Waals surface area contributed by atoms with Gasteiger partial charge < -0.3 is 11.1 Å². The number of amides is 1. The molecule has 1 aliphatic rings. The molecule has 1 aromatic rings. The third kappa shape index (κ3) is 3.00. The lowest BCUT2D eigenvalue weighted by atomic mass is 10.1. The highest BCUT2D eigenvalue weighted by molar-refractivity contribution is 5.81. The Morgan fingerprint density at radius 1 is 1.47 bits per heavy atom. The molecule has 0 radical (unpaired) electrons. The van der Waals surface area contributed by atoms with Crippen LogP contribution in [-0.4, -0.2) is 12.5 Å². The number of rotatable bonds is 5. The summed E-state index contributed by atoms with van der Waals surface area (Å²) >= 11 is 0. The fourth-order valence-corrected chi connectivity index (χ4v) is 1.71. The van der Waals surface area contributed by atoms with Gasteiger partial charge in [0.2, 0.25) is 5.91 Å². The van der Waals surface area contributed by atoms with E-state index in [0.717, 1.165) is 31.0 Å². The first kappa shape index (κ1) is 12.0. The first-order valence-electron chi connectivity index (χ1n) is 5.55. The molecule has 0 heterocycles. The zero-order valence-corrected chi connectivity index (χ0v) is 9.25. The maximum atomic E-state index is 13.5. The van der Waals surface area contributed by atoms with Crippen molar-refractivity contribution in [3.63, 3.8) is 0 Å². The van der Waals surface area contributed by atoms with Gasteiger partial charge in [0.15, 0.2) is 0 Å². The van der Waals surface area contributed by atoms with Crippen molar-refractivity contribution in [1.82, 2.24) is 5.32 Å². The average molecular weight is 240 g/mol. The van der Waals surface area contributed by atoms with Crippen molar-refractivity contribution >= 4 is 5.91 Å². The molecule has 1 aromatic carbocycles. The zero-order chi connectivity index (χ0) is 12.4. The molecule has 92 valence electrons. The number of halogens is 2. The molecule has 5 heteroatoms. The van der Waals surface area contributed by atoms with E-state index in [1.807, 2.05) is 0 Å². The number of nitrogens with two attached hydrogens (primary N) is 1. The molecule has 0 saturated heterocycles. The Bertz CT molecular complexity index is 433. The fraction of sp³-hybridized carbons (Fsp3) is 0.417. The second kappa shape index (κ2) is 4.79. The number of primary amides is 1. The standard InChI is InChI=1S/C12H14F2N2O/c13-8-3-4-10(14)9(5-8)11(12(15)17)16-6-7-1-2-7/h3-5,7,11,16H,1-2,6H2,(H2,15,17). The first-order valence-corrected chi connectivity index (χ1v) is 5.55. The van der Waals surface area contributed by atoms with Gasteiger partial charge >= 0.3 is 0 Å². The molecule has 0 bridgehead atoms. The molecule has 0 aromatic heterocycles. The second-order valence-corrected chi connectivity index (χ2v) is 4.35. The van der Waals surface area contributed by atoms with Crippen LogP contribution in [0.5, 0.6) is 0 Å². The summed E-state index contributed by atoms with van der Waals surface area (Å²) in [6.07, 6.45) is 2.20. The van der Waals surface area contributed by atoms with Gasteiger partial charge in [-0.3, -0.25) is 4.79 Å². The molecule has 3 N–H and O–H groups in total. The Kier molecular flexibility index (Phi) is 3.38. The van der Waals surface area contributed by atoms with E-state index in [1.54, 1.807) is 0 Å². The molecule has 0 spiro atoms. The van der Waals surface area contributed by atoms with Crippen LogP contribution in [0.4, 0.5) is 8.78 Å². The Labute approximate surface area is 98.0 Å². The van der Waals surface area contributed by atoms with Gasteiger partial charge in [0.1, 0.15) is 17.7 Å². The number of hydrogen-bond acceptors (Lipinski definition) is 2. The van der Waals surface area contributed by atoms with Gasteiger partial charge in [-0.25, -0.2) is 8.78 Å². The maximum absolute atomic E-state index is 13.5. The molecular formula is C12H14F2N2O. The van der Waals surface area contributed by atoms with Crippen LogP contribution in [0, 0.1) is 17.6 Å². The molecule has 1 atom stereocenters. The molecular weight excluding hydrogens is 226 g/mol. The minimum absolute atomic E-state index is 0.0295. The summed E-state index contributed by atoms with van der Waals surface area (Å²) in [6.45, 7) is 0.601. The van der Waals surface area contributed by atoms with E-state index in [9.17, 15) is 13.6 Å². The minimum atomic E-state index is -0.966. The Morgan fingerprint density at radius 3 is 2.76 bits per heavy atom. The summed E-state index contributed by atoms with van der Waals surface area (Å²) in [5.41, 5.74) is 5.17. The van der Waals surface area contributed by atoms with E-state index in [4.69, 9.17) is 5.73 Å². The predicted octanol–water partition coefficient (Wildman–Crippen LogP) is 1.49. The maximum Gasteiger partial charge on any atom is 0.239 e. The van der Waals surface area contributed by atoms with Crippen LogP contribution in [0.2, 0.25) is 0 Å². The fourth-order valence-electron chi connectivity index (χ4n) is 1.71. The Morgan fingerprint density at radius 2 is 2.18 bits per heavy atom. The van der Waals surface area contributed by atoms with Crippen molar-refractivity contribution < 1.29 is 13.6 Å². The molecule has 1 saturated carbocycles. The number of benzene rings is 1. The third-order valence-electron chi connectivity index (χ3n) is 2.86. The van der Waals surface area contributed by atoms with Crippen molar-refractivity contribution in [3.8, 4) is 0 Å². The van der Waals surface area contributed by atoms with Gasteiger partial charge in [0.05, 0.1) is 0 Å². The van der Waals surface area contributed by atoms with Crippen LogP contribution in [-0.2, 0) is 4.79 Å². The third-order valence-corrected chi connectivity index (χ3v) is 2.86. The molecule has 1 aliphatic carbocycles. The Balaban J connectivity index is 2.17. The van der Waals surface area contributed by atoms with E-state index in [-0.39, 0.29) is 5.56 Å². The van der Waals surface area contributed by atoms with E-state index in [2.05, 4.69) is 5.32 Å². The van der Waals surface area contributed by atoms with E-state index in [0.29, 0.717) is 12.5 Å². The number of hydrogen-bond donors (Lipinski definition) is 2. The van der Waals surface area contributed by atoms with Gasteiger partial charge in [-0.2, -0.15) is 0 Å². The summed E-state index contributed by atoms with van der Waals surface area (Å²) in [4.78, 5) is 11.3. The number of carbonyl (C=O) groups excluding carboxylic acids is 1. The lowest BCUT2D eigenvalue weighted by Gasteiger charge is -2.16. The highest BCUT2D eigenvalue weighted by Crippen LogP contribution is 2.29. The lowest BCUT2D eigenvalue weighted by Crippen LogP contribution is -2.35. The quantitative estimate of drug-likeness (QED) is 0.819. The van der Waals surface area contributed by atoms with Gasteiger partial charge in [0, 0.05) is 5.56 Å². The van der Waals surface area contributed by atoms with E-state index < -0.39 is 23.6 Å². The van der Waals surface area contributed by atoms with Crippen molar-refractivity contribution in [1.29, 1.82) is 0 Å². The highest BCUT2D eigenvalue weighted by Gasteiger charge is 2.26. The molecule has 3 nitrogen and oxygen atoms in total. The van der Waals surface area contributed by atoms with Crippen molar-refractivity contribution in [2.45, 2.75) is 18.9 Å². The largest absolute Gasteiger partial charge is 0.368 e. The molecule has 0 aliphatic heterocycles. The van der Waals surface area contributed by atoms with E-state index >= 15 is 0 Å². The zero-order valence-electron chi connectivity index (χ0n) is 9.25. The van der Waals surface area contributed by atoms with Crippen LogP contribution in [0.3, 0.4) is 0 Å². The van der Waals surface area contributed by atoms with Gasteiger partial charge in [-0.15, -0.1) is 0 Å². The molecule has 2 rings (SSSR count). The Hall–Kier alpha value is -1.49. The minimum Gasteiger partial charge on any atom is -0.368 e. The van der Waals surface area contributed by atoms with Crippen LogP contribution < -0.4 is 11.1 Å². The second-order valence-electron chi connectivity index (χ2n) is 4.35. The monoisotopic (exact) mass is 240 g/mol. The smallest absolute Gasteiger partial charge is 0.239 e.